The van der Waals surface area contributed by atoms with Gasteiger partial charge in [-0.05, 0) is 32.1 Å². The van der Waals surface area contributed by atoms with Crippen molar-refractivity contribution in [3.63, 3.8) is 0 Å². The van der Waals surface area contributed by atoms with Crippen LogP contribution >= 0.6 is 0 Å². The molecule has 2 aliphatic rings. The van der Waals surface area contributed by atoms with Crippen LogP contribution in [0.1, 0.15) is 80.0 Å². The molecule has 1 aromatic rings. The molecule has 1 heterocycles. The fourth-order valence-corrected chi connectivity index (χ4v) is 6.62. The molecule has 1 aliphatic heterocycles. The maximum atomic E-state index is 13.9. The van der Waals surface area contributed by atoms with Crippen molar-refractivity contribution in [3.05, 3.63) is 46.0 Å². The van der Waals surface area contributed by atoms with Gasteiger partial charge in [0.15, 0.2) is 4.91 Å². The first-order valence-electron chi connectivity index (χ1n) is 11.1. The second-order valence-corrected chi connectivity index (χ2v) is 9.87. The van der Waals surface area contributed by atoms with Gasteiger partial charge in [0.2, 0.25) is 21.6 Å². The third kappa shape index (κ3) is 3.97. The third-order valence-corrected chi connectivity index (χ3v) is 7.96. The standard InChI is InChI=1S/C23H32N2O4S/c1-4-14-24(15-5-2)20-21(26)18-12-7-8-13-19(18)22(27)23(20)30(28,29)25-16-10-9-11-17(25)6-3/h7-8,12-13,17H,4-6,9-11,14-16H2,1-3H3. The van der Waals surface area contributed by atoms with E-state index in [4.69, 9.17) is 0 Å². The molecule has 0 N–H and O–H groups in total. The summed E-state index contributed by atoms with van der Waals surface area (Å²) in [4.78, 5) is 28.5. The normalized spacial score (nSPS) is 20.4. The Labute approximate surface area is 180 Å². The molecule has 0 radical (unpaired) electrons. The number of Topliss-reactive ketones (excluding diaryl/α,β-unsaturated/α-hetero) is 2. The van der Waals surface area contributed by atoms with Gasteiger partial charge in [-0.1, -0.05) is 51.5 Å². The number of hydrogen-bond donors (Lipinski definition) is 0. The summed E-state index contributed by atoms with van der Waals surface area (Å²) in [5.41, 5.74) is 0.532. The quantitative estimate of drug-likeness (QED) is 0.621. The number of benzene rings is 1. The van der Waals surface area contributed by atoms with Gasteiger partial charge in [0.1, 0.15) is 5.70 Å². The van der Waals surface area contributed by atoms with Crippen LogP contribution in [-0.4, -0.2) is 54.9 Å². The Morgan fingerprint density at radius 1 is 0.967 bits per heavy atom. The second kappa shape index (κ2) is 9.43. The highest BCUT2D eigenvalue weighted by Crippen LogP contribution is 2.35. The van der Waals surface area contributed by atoms with Crippen molar-refractivity contribution in [2.45, 2.75) is 65.3 Å². The molecule has 7 heteroatoms. The summed E-state index contributed by atoms with van der Waals surface area (Å²) in [5, 5.41) is 0. The third-order valence-electron chi connectivity index (χ3n) is 5.97. The summed E-state index contributed by atoms with van der Waals surface area (Å²) in [7, 11) is -4.10. The van der Waals surface area contributed by atoms with Crippen molar-refractivity contribution < 1.29 is 18.0 Å². The van der Waals surface area contributed by atoms with Crippen LogP contribution in [-0.2, 0) is 10.0 Å². The first kappa shape index (κ1) is 22.7. The average molecular weight is 433 g/mol. The maximum Gasteiger partial charge on any atom is 0.249 e. The minimum atomic E-state index is -4.10. The van der Waals surface area contributed by atoms with E-state index < -0.39 is 15.8 Å². The number of allylic oxidation sites excluding steroid dienone is 2. The van der Waals surface area contributed by atoms with Crippen LogP contribution in [0.25, 0.3) is 0 Å². The highest BCUT2D eigenvalue weighted by molar-refractivity contribution is 7.94. The van der Waals surface area contributed by atoms with Gasteiger partial charge in [-0.3, -0.25) is 9.59 Å². The van der Waals surface area contributed by atoms with Crippen LogP contribution in [0, 0.1) is 0 Å². The molecule has 0 aromatic heterocycles. The predicted octanol–water partition coefficient (Wildman–Crippen LogP) is 3.99. The Bertz CT molecular complexity index is 946. The van der Waals surface area contributed by atoms with Crippen LogP contribution in [0.3, 0.4) is 0 Å². The van der Waals surface area contributed by atoms with E-state index in [-0.39, 0.29) is 28.0 Å². The van der Waals surface area contributed by atoms with Crippen molar-refractivity contribution in [1.82, 2.24) is 9.21 Å². The summed E-state index contributed by atoms with van der Waals surface area (Å²) >= 11 is 0. The van der Waals surface area contributed by atoms with Crippen molar-refractivity contribution in [1.29, 1.82) is 0 Å². The molecule has 1 atom stereocenters. The molecule has 1 aromatic carbocycles. The van der Waals surface area contributed by atoms with Gasteiger partial charge in [-0.25, -0.2) is 8.42 Å². The molecular formula is C23H32N2O4S. The monoisotopic (exact) mass is 432 g/mol. The van der Waals surface area contributed by atoms with Crippen LogP contribution in [0.2, 0.25) is 0 Å². The van der Waals surface area contributed by atoms with Gasteiger partial charge in [-0.15, -0.1) is 0 Å². The number of fused-ring (bicyclic) bond motifs is 1. The first-order valence-corrected chi connectivity index (χ1v) is 12.5. The lowest BCUT2D eigenvalue weighted by Gasteiger charge is -2.37. The Balaban J connectivity index is 2.24. The molecule has 1 saturated heterocycles. The zero-order valence-electron chi connectivity index (χ0n) is 18.2. The average Bonchev–Trinajstić information content (AvgIpc) is 2.75. The Morgan fingerprint density at radius 2 is 1.57 bits per heavy atom. The van der Waals surface area contributed by atoms with Crippen molar-refractivity contribution >= 4 is 21.6 Å². The molecule has 1 aliphatic carbocycles. The van der Waals surface area contributed by atoms with E-state index in [1.54, 1.807) is 29.2 Å². The van der Waals surface area contributed by atoms with E-state index in [0.717, 1.165) is 32.1 Å². The largest absolute Gasteiger partial charge is 0.367 e. The number of sulfonamides is 1. The molecule has 0 bridgehead atoms. The second-order valence-electron chi connectivity index (χ2n) is 8.04. The SMILES string of the molecule is CCCN(CCC)C1=C(S(=O)(=O)N2CCCCC2CC)C(=O)c2ccccc2C1=O. The number of carbonyl (C=O) groups is 2. The molecule has 30 heavy (non-hydrogen) atoms. The zero-order valence-corrected chi connectivity index (χ0v) is 19.0. The van der Waals surface area contributed by atoms with E-state index in [9.17, 15) is 18.0 Å². The number of piperidine rings is 1. The summed E-state index contributed by atoms with van der Waals surface area (Å²) < 4.78 is 29.2. The zero-order chi connectivity index (χ0) is 21.9. The van der Waals surface area contributed by atoms with Crippen molar-refractivity contribution in [3.8, 4) is 0 Å². The van der Waals surface area contributed by atoms with E-state index >= 15 is 0 Å². The van der Waals surface area contributed by atoms with E-state index in [1.807, 2.05) is 20.8 Å². The summed E-state index contributed by atoms with van der Waals surface area (Å²) in [6.45, 7) is 7.39. The smallest absolute Gasteiger partial charge is 0.249 e. The van der Waals surface area contributed by atoms with E-state index in [1.165, 1.54) is 4.31 Å². The van der Waals surface area contributed by atoms with Crippen LogP contribution in [0.15, 0.2) is 34.9 Å². The lowest BCUT2D eigenvalue weighted by molar-refractivity contribution is 0.0945. The fraction of sp³-hybridized carbons (Fsp3) is 0.565. The molecular weight excluding hydrogens is 400 g/mol. The molecule has 1 unspecified atom stereocenters. The molecule has 6 nitrogen and oxygen atoms in total. The minimum absolute atomic E-state index is 0.0582. The van der Waals surface area contributed by atoms with Gasteiger partial charge < -0.3 is 4.90 Å². The number of carbonyl (C=O) groups excluding carboxylic acids is 2. The predicted molar refractivity (Wildman–Crippen MR) is 118 cm³/mol. The van der Waals surface area contributed by atoms with E-state index in [2.05, 4.69) is 0 Å². The molecule has 0 spiro atoms. The van der Waals surface area contributed by atoms with Gasteiger partial charge in [0, 0.05) is 36.8 Å². The Kier molecular flexibility index (Phi) is 7.14. The van der Waals surface area contributed by atoms with Gasteiger partial charge in [0.25, 0.3) is 0 Å². The highest BCUT2D eigenvalue weighted by atomic mass is 32.2. The minimum Gasteiger partial charge on any atom is -0.367 e. The Morgan fingerprint density at radius 3 is 2.13 bits per heavy atom. The highest BCUT2D eigenvalue weighted by Gasteiger charge is 2.45. The fourth-order valence-electron chi connectivity index (χ4n) is 4.56. The summed E-state index contributed by atoms with van der Waals surface area (Å²) in [6.07, 6.45) is 4.72. The van der Waals surface area contributed by atoms with Crippen LogP contribution < -0.4 is 0 Å². The van der Waals surface area contributed by atoms with Gasteiger partial charge in [0.05, 0.1) is 0 Å². The molecule has 0 saturated carbocycles. The first-order chi connectivity index (χ1) is 14.4. The lowest BCUT2D eigenvalue weighted by atomic mass is 9.91. The molecule has 0 amide bonds. The molecule has 164 valence electrons. The van der Waals surface area contributed by atoms with Crippen LogP contribution in [0.4, 0.5) is 0 Å². The summed E-state index contributed by atoms with van der Waals surface area (Å²) in [5.74, 6) is -0.923. The molecule has 3 rings (SSSR count). The van der Waals surface area contributed by atoms with E-state index in [0.29, 0.717) is 31.6 Å². The van der Waals surface area contributed by atoms with Gasteiger partial charge in [-0.2, -0.15) is 4.31 Å². The molecule has 1 fully saturated rings. The van der Waals surface area contributed by atoms with Crippen molar-refractivity contribution in [2.24, 2.45) is 0 Å². The maximum absolute atomic E-state index is 13.9. The number of hydrogen-bond acceptors (Lipinski definition) is 5. The van der Waals surface area contributed by atoms with Gasteiger partial charge >= 0.3 is 0 Å². The number of nitrogens with zero attached hydrogens (tertiary/aromatic N) is 2. The Hall–Kier alpha value is -1.99. The lowest BCUT2D eigenvalue weighted by Crippen LogP contribution is -2.47. The number of rotatable bonds is 8. The van der Waals surface area contributed by atoms with Crippen LogP contribution in [0.5, 0.6) is 0 Å². The van der Waals surface area contributed by atoms with Crippen molar-refractivity contribution in [2.75, 3.05) is 19.6 Å². The summed E-state index contributed by atoms with van der Waals surface area (Å²) in [6, 6.07) is 6.42. The number of ketones is 2. The topological polar surface area (TPSA) is 74.8 Å².